The summed E-state index contributed by atoms with van der Waals surface area (Å²) in [5, 5.41) is 1.04. The molecule has 3 heteroatoms. The van der Waals surface area contributed by atoms with Gasteiger partial charge in [0, 0.05) is 34.6 Å². The molecule has 5 rings (SSSR count). The zero-order valence-electron chi connectivity index (χ0n) is 15.8. The SMILES string of the molecule is COc1ccc(C(=O)c2c3n(c4ccccc24)CC[C@@H]3c2ccccc2)cc1. The highest BCUT2D eigenvalue weighted by molar-refractivity contribution is 6.18. The number of methoxy groups -OCH3 is 1. The van der Waals surface area contributed by atoms with E-state index < -0.39 is 0 Å². The van der Waals surface area contributed by atoms with Gasteiger partial charge >= 0.3 is 0 Å². The highest BCUT2D eigenvalue weighted by Gasteiger charge is 2.33. The van der Waals surface area contributed by atoms with Gasteiger partial charge in [-0.1, -0.05) is 48.5 Å². The van der Waals surface area contributed by atoms with E-state index in [9.17, 15) is 4.79 Å². The lowest BCUT2D eigenvalue weighted by Crippen LogP contribution is -2.07. The fourth-order valence-corrected chi connectivity index (χ4v) is 4.46. The van der Waals surface area contributed by atoms with Gasteiger partial charge in [-0.3, -0.25) is 4.79 Å². The van der Waals surface area contributed by atoms with E-state index >= 15 is 0 Å². The van der Waals surface area contributed by atoms with Gasteiger partial charge in [0.1, 0.15) is 5.75 Å². The van der Waals surface area contributed by atoms with Gasteiger partial charge in [0.05, 0.1) is 12.7 Å². The van der Waals surface area contributed by atoms with Crippen LogP contribution in [0.5, 0.6) is 5.75 Å². The van der Waals surface area contributed by atoms with E-state index in [0.29, 0.717) is 5.56 Å². The zero-order chi connectivity index (χ0) is 19.1. The van der Waals surface area contributed by atoms with Crippen LogP contribution in [0.1, 0.15) is 39.5 Å². The maximum atomic E-state index is 13.6. The average molecular weight is 367 g/mol. The molecule has 1 aromatic heterocycles. The third-order valence-electron chi connectivity index (χ3n) is 5.76. The number of para-hydroxylation sites is 1. The predicted octanol–water partition coefficient (Wildman–Crippen LogP) is 5.42. The van der Waals surface area contributed by atoms with Gasteiger partial charge in [0.2, 0.25) is 0 Å². The van der Waals surface area contributed by atoms with E-state index in [1.165, 1.54) is 5.56 Å². The van der Waals surface area contributed by atoms with Gasteiger partial charge in [-0.05, 0) is 42.3 Å². The minimum Gasteiger partial charge on any atom is -0.497 e. The maximum absolute atomic E-state index is 13.6. The summed E-state index contributed by atoms with van der Waals surface area (Å²) in [6, 6.07) is 26.2. The third-order valence-corrected chi connectivity index (χ3v) is 5.76. The Kier molecular flexibility index (Phi) is 4.01. The van der Waals surface area contributed by atoms with E-state index in [1.807, 2.05) is 42.5 Å². The topological polar surface area (TPSA) is 31.2 Å². The Labute approximate surface area is 164 Å². The number of aryl methyl sites for hydroxylation is 1. The number of hydrogen-bond donors (Lipinski definition) is 0. The normalized spacial score (nSPS) is 15.5. The summed E-state index contributed by atoms with van der Waals surface area (Å²) in [7, 11) is 1.63. The minimum absolute atomic E-state index is 0.0791. The molecule has 0 saturated heterocycles. The summed E-state index contributed by atoms with van der Waals surface area (Å²) in [5.74, 6) is 1.08. The minimum atomic E-state index is 0.0791. The molecule has 0 N–H and O–H groups in total. The van der Waals surface area contributed by atoms with E-state index in [2.05, 4.69) is 41.0 Å². The molecule has 0 aliphatic carbocycles. The molecular formula is C25H21NO2. The van der Waals surface area contributed by atoms with Crippen molar-refractivity contribution in [3.8, 4) is 5.75 Å². The van der Waals surface area contributed by atoms with Crippen LogP contribution in [0.3, 0.4) is 0 Å². The molecule has 0 radical (unpaired) electrons. The van der Waals surface area contributed by atoms with Crippen LogP contribution in [0.25, 0.3) is 10.9 Å². The molecule has 0 bridgehead atoms. The van der Waals surface area contributed by atoms with Gasteiger partial charge in [-0.25, -0.2) is 0 Å². The first-order valence-electron chi connectivity index (χ1n) is 9.62. The molecule has 1 atom stereocenters. The highest BCUT2D eigenvalue weighted by atomic mass is 16.5. The van der Waals surface area contributed by atoms with Crippen molar-refractivity contribution >= 4 is 16.7 Å². The second kappa shape index (κ2) is 6.68. The van der Waals surface area contributed by atoms with E-state index in [4.69, 9.17) is 4.74 Å². The summed E-state index contributed by atoms with van der Waals surface area (Å²) in [6.45, 7) is 0.936. The number of hydrogen-bond acceptors (Lipinski definition) is 2. The first-order valence-corrected chi connectivity index (χ1v) is 9.62. The van der Waals surface area contributed by atoms with Gasteiger partial charge in [0.25, 0.3) is 0 Å². The highest BCUT2D eigenvalue weighted by Crippen LogP contribution is 2.42. The molecule has 0 spiro atoms. The predicted molar refractivity (Wildman–Crippen MR) is 111 cm³/mol. The molecule has 4 aromatic rings. The number of aromatic nitrogens is 1. The number of carbonyl (C=O) groups excluding carboxylic acids is 1. The second-order valence-electron chi connectivity index (χ2n) is 7.24. The summed E-state index contributed by atoms with van der Waals surface area (Å²) < 4.78 is 7.58. The van der Waals surface area contributed by atoms with E-state index in [1.54, 1.807) is 7.11 Å². The maximum Gasteiger partial charge on any atom is 0.195 e. The largest absolute Gasteiger partial charge is 0.497 e. The van der Waals surface area contributed by atoms with Gasteiger partial charge in [-0.15, -0.1) is 0 Å². The standard InChI is InChI=1S/C25H21NO2/c1-28-19-13-11-18(12-14-19)25(27)23-21-9-5-6-10-22(21)26-16-15-20(24(23)26)17-7-3-2-4-8-17/h2-14,20H,15-16H2,1H3/t20-/m1/s1. The first kappa shape index (κ1) is 16.8. The zero-order valence-corrected chi connectivity index (χ0v) is 15.8. The fraction of sp³-hybridized carbons (Fsp3) is 0.160. The van der Waals surface area contributed by atoms with E-state index in [-0.39, 0.29) is 11.7 Å². The number of carbonyl (C=O) groups is 1. The lowest BCUT2D eigenvalue weighted by Gasteiger charge is -2.13. The monoisotopic (exact) mass is 367 g/mol. The number of rotatable bonds is 4. The molecule has 0 saturated carbocycles. The van der Waals surface area contributed by atoms with Crippen molar-refractivity contribution in [3.63, 3.8) is 0 Å². The van der Waals surface area contributed by atoms with Gasteiger partial charge < -0.3 is 9.30 Å². The van der Waals surface area contributed by atoms with Crippen LogP contribution in [0.2, 0.25) is 0 Å². The number of benzene rings is 3. The van der Waals surface area contributed by atoms with Crippen molar-refractivity contribution in [2.45, 2.75) is 18.9 Å². The number of ether oxygens (including phenoxy) is 1. The summed E-state index contributed by atoms with van der Waals surface area (Å²) in [4.78, 5) is 13.6. The molecule has 0 fully saturated rings. The van der Waals surface area contributed by atoms with Crippen molar-refractivity contribution in [2.75, 3.05) is 7.11 Å². The van der Waals surface area contributed by atoms with Crippen molar-refractivity contribution in [1.82, 2.24) is 4.57 Å². The molecule has 0 amide bonds. The van der Waals surface area contributed by atoms with Crippen molar-refractivity contribution in [1.29, 1.82) is 0 Å². The molecule has 2 heterocycles. The number of nitrogens with zero attached hydrogens (tertiary/aromatic N) is 1. The summed E-state index contributed by atoms with van der Waals surface area (Å²) >= 11 is 0. The van der Waals surface area contributed by atoms with E-state index in [0.717, 1.165) is 40.9 Å². The molecule has 0 unspecified atom stereocenters. The van der Waals surface area contributed by atoms with Crippen molar-refractivity contribution < 1.29 is 9.53 Å². The summed E-state index contributed by atoms with van der Waals surface area (Å²) in [5.41, 5.74) is 5.10. The quantitative estimate of drug-likeness (QED) is 0.451. The van der Waals surface area contributed by atoms with Crippen LogP contribution in [0.15, 0.2) is 78.9 Å². The van der Waals surface area contributed by atoms with Crippen LogP contribution >= 0.6 is 0 Å². The molecule has 1 aliphatic heterocycles. The van der Waals surface area contributed by atoms with Crippen molar-refractivity contribution in [3.05, 3.63) is 101 Å². The number of fused-ring (bicyclic) bond motifs is 3. The van der Waals surface area contributed by atoms with Gasteiger partial charge in [0.15, 0.2) is 5.78 Å². The van der Waals surface area contributed by atoms with Gasteiger partial charge in [-0.2, -0.15) is 0 Å². The van der Waals surface area contributed by atoms with Crippen LogP contribution < -0.4 is 4.74 Å². The first-order chi connectivity index (χ1) is 13.8. The lowest BCUT2D eigenvalue weighted by molar-refractivity contribution is 0.103. The molecule has 138 valence electrons. The molecule has 28 heavy (non-hydrogen) atoms. The molecule has 3 nitrogen and oxygen atoms in total. The fourth-order valence-electron chi connectivity index (χ4n) is 4.46. The Morgan fingerprint density at radius 1 is 0.929 bits per heavy atom. The van der Waals surface area contributed by atoms with Crippen LogP contribution in [0, 0.1) is 0 Å². The Hall–Kier alpha value is -3.33. The van der Waals surface area contributed by atoms with Crippen LogP contribution in [0.4, 0.5) is 0 Å². The van der Waals surface area contributed by atoms with Crippen molar-refractivity contribution in [2.24, 2.45) is 0 Å². The Morgan fingerprint density at radius 2 is 1.64 bits per heavy atom. The molecule has 3 aromatic carbocycles. The Bertz CT molecular complexity index is 1160. The van der Waals surface area contributed by atoms with Crippen LogP contribution in [-0.4, -0.2) is 17.5 Å². The molecule has 1 aliphatic rings. The Balaban J connectivity index is 1.71. The third kappa shape index (κ3) is 2.55. The Morgan fingerprint density at radius 3 is 2.39 bits per heavy atom. The number of ketones is 1. The molecular weight excluding hydrogens is 346 g/mol. The summed E-state index contributed by atoms with van der Waals surface area (Å²) in [6.07, 6.45) is 1.02. The smallest absolute Gasteiger partial charge is 0.195 e. The van der Waals surface area contributed by atoms with Crippen LogP contribution in [-0.2, 0) is 6.54 Å². The lowest BCUT2D eigenvalue weighted by atomic mass is 9.89. The second-order valence-corrected chi connectivity index (χ2v) is 7.24. The average Bonchev–Trinajstić information content (AvgIpc) is 3.32.